The molecule has 0 aliphatic carbocycles. The highest BCUT2D eigenvalue weighted by molar-refractivity contribution is 6.44. The van der Waals surface area contributed by atoms with E-state index < -0.39 is 0 Å². The molecule has 0 unspecified atom stereocenters. The molecule has 10 heteroatoms. The minimum Gasteiger partial charge on any atom is -0.496 e. The van der Waals surface area contributed by atoms with Crippen LogP contribution in [0.25, 0.3) is 43.1 Å². The number of benzene rings is 5. The van der Waals surface area contributed by atoms with E-state index in [0.717, 1.165) is 128 Å². The van der Waals surface area contributed by atoms with Gasteiger partial charge in [0.05, 0.1) is 50.7 Å². The Morgan fingerprint density at radius 2 is 0.578 bits per heavy atom. The second-order valence-corrected chi connectivity index (χ2v) is 18.2. The van der Waals surface area contributed by atoms with Crippen molar-refractivity contribution in [3.63, 3.8) is 0 Å². The van der Waals surface area contributed by atoms with Crippen LogP contribution in [0.5, 0.6) is 23.0 Å². The summed E-state index contributed by atoms with van der Waals surface area (Å²) < 4.78 is 25.0. The number of fused-ring (bicyclic) bond motifs is 2. The Morgan fingerprint density at radius 3 is 0.781 bits per heavy atom. The van der Waals surface area contributed by atoms with E-state index in [1.165, 1.54) is 9.80 Å². The van der Waals surface area contributed by atoms with Crippen molar-refractivity contribution in [2.45, 2.75) is 168 Å². The molecular weight excluding hydrogens is 805 g/mol. The number of imide groups is 2. The van der Waals surface area contributed by atoms with Crippen LogP contribution in [0, 0.1) is 0 Å². The van der Waals surface area contributed by atoms with Crippen LogP contribution in [0.4, 0.5) is 0 Å². The predicted octanol–water partition coefficient (Wildman–Crippen LogP) is 13.6. The summed E-state index contributed by atoms with van der Waals surface area (Å²) in [7, 11) is 6.30. The van der Waals surface area contributed by atoms with Gasteiger partial charge in [0.1, 0.15) is 23.0 Å². The monoisotopic (exact) mass is 875 g/mol. The molecular formula is C54H70N2O8. The third-order valence-corrected chi connectivity index (χ3v) is 14.1. The lowest BCUT2D eigenvalue weighted by molar-refractivity contribution is 0.0501. The Hall–Kier alpha value is -5.12. The maximum Gasteiger partial charge on any atom is 0.261 e. The number of ether oxygens (including phenoxy) is 4. The molecule has 5 aromatic rings. The van der Waals surface area contributed by atoms with E-state index in [2.05, 4.69) is 27.7 Å². The van der Waals surface area contributed by atoms with Crippen molar-refractivity contribution in [3.8, 4) is 23.0 Å². The molecule has 2 aliphatic heterocycles. The fourth-order valence-corrected chi connectivity index (χ4v) is 10.9. The number of hydrogen-bond acceptors (Lipinski definition) is 8. The van der Waals surface area contributed by atoms with Gasteiger partial charge in [-0.3, -0.25) is 29.0 Å². The van der Waals surface area contributed by atoms with E-state index in [-0.39, 0.29) is 35.7 Å². The summed E-state index contributed by atoms with van der Waals surface area (Å²) in [5.74, 6) is 0.299. The summed E-state index contributed by atoms with van der Waals surface area (Å²) in [6, 6.07) is 6.56. The van der Waals surface area contributed by atoms with Crippen LogP contribution in [0.1, 0.15) is 198 Å². The largest absolute Gasteiger partial charge is 0.496 e. The van der Waals surface area contributed by atoms with Crippen LogP contribution in [0.15, 0.2) is 24.3 Å². The molecule has 0 radical (unpaired) electrons. The highest BCUT2D eigenvalue weighted by atomic mass is 16.5. The Labute approximate surface area is 379 Å². The maximum atomic E-state index is 15.0. The third kappa shape index (κ3) is 8.23. The molecule has 0 saturated heterocycles. The molecule has 344 valence electrons. The first-order valence-corrected chi connectivity index (χ1v) is 24.4. The molecule has 4 amide bonds. The lowest BCUT2D eigenvalue weighted by Crippen LogP contribution is -2.47. The Kier molecular flexibility index (Phi) is 15.2. The molecule has 10 nitrogen and oxygen atoms in total. The summed E-state index contributed by atoms with van der Waals surface area (Å²) >= 11 is 0. The lowest BCUT2D eigenvalue weighted by Gasteiger charge is -2.36. The van der Waals surface area contributed by atoms with Gasteiger partial charge in [-0.2, -0.15) is 0 Å². The zero-order chi connectivity index (χ0) is 45.7. The maximum absolute atomic E-state index is 15.0. The molecule has 2 aliphatic rings. The minimum absolute atomic E-state index is 0.250. The molecule has 64 heavy (non-hydrogen) atoms. The van der Waals surface area contributed by atoms with Crippen LogP contribution >= 0.6 is 0 Å². The molecule has 0 saturated carbocycles. The smallest absolute Gasteiger partial charge is 0.261 e. The highest BCUT2D eigenvalue weighted by Gasteiger charge is 2.43. The first kappa shape index (κ1) is 46.9. The summed E-state index contributed by atoms with van der Waals surface area (Å²) in [4.78, 5) is 63.2. The van der Waals surface area contributed by atoms with Crippen LogP contribution < -0.4 is 18.9 Å². The van der Waals surface area contributed by atoms with E-state index in [4.69, 9.17) is 18.9 Å². The molecule has 7 rings (SSSR count). The summed E-state index contributed by atoms with van der Waals surface area (Å²) in [5.41, 5.74) is 1.55. The van der Waals surface area contributed by atoms with E-state index in [1.807, 2.05) is 0 Å². The van der Waals surface area contributed by atoms with Crippen molar-refractivity contribution in [1.82, 2.24) is 9.80 Å². The fourth-order valence-electron chi connectivity index (χ4n) is 10.9. The lowest BCUT2D eigenvalue weighted by atomic mass is 9.80. The van der Waals surface area contributed by atoms with Crippen molar-refractivity contribution in [3.05, 3.63) is 46.5 Å². The number of hydrogen-bond donors (Lipinski definition) is 0. The minimum atomic E-state index is -0.334. The van der Waals surface area contributed by atoms with E-state index in [9.17, 15) is 0 Å². The first-order chi connectivity index (χ1) is 31.2. The van der Waals surface area contributed by atoms with Gasteiger partial charge >= 0.3 is 0 Å². The summed E-state index contributed by atoms with van der Waals surface area (Å²) in [5, 5.41) is 4.65. The number of unbranched alkanes of at least 4 members (excludes halogenated alkanes) is 12. The van der Waals surface area contributed by atoms with E-state index in [0.29, 0.717) is 88.3 Å². The molecule has 0 aromatic heterocycles. The van der Waals surface area contributed by atoms with Gasteiger partial charge < -0.3 is 18.9 Å². The van der Waals surface area contributed by atoms with Gasteiger partial charge in [0.15, 0.2) is 0 Å². The quantitative estimate of drug-likeness (QED) is 0.0234. The van der Waals surface area contributed by atoms with Crippen LogP contribution in [-0.2, 0) is 0 Å². The van der Waals surface area contributed by atoms with Crippen molar-refractivity contribution >= 4 is 66.7 Å². The molecule has 0 N–H and O–H groups in total. The van der Waals surface area contributed by atoms with Crippen molar-refractivity contribution in [1.29, 1.82) is 0 Å². The van der Waals surface area contributed by atoms with Gasteiger partial charge in [-0.15, -0.1) is 0 Å². The zero-order valence-electron chi connectivity index (χ0n) is 39.8. The van der Waals surface area contributed by atoms with Gasteiger partial charge in [0, 0.05) is 55.2 Å². The number of rotatable bonds is 26. The second kappa shape index (κ2) is 20.8. The number of methoxy groups -OCH3 is 4. The third-order valence-electron chi connectivity index (χ3n) is 14.1. The SMILES string of the molecule is CCCCCCC(CCCCCC)N1C(=O)c2cc(OC)c3c4c(OC)cc5c6c(cc(OC)c(c7c(OC)cc(c2c37)C1=O)c64)C(=O)N(C(CCCCCC)CCCCCC)C5=O. The Morgan fingerprint density at radius 1 is 0.344 bits per heavy atom. The predicted molar refractivity (Wildman–Crippen MR) is 257 cm³/mol. The molecule has 0 spiro atoms. The zero-order valence-corrected chi connectivity index (χ0v) is 39.8. The fraction of sp³-hybridized carbons (Fsp3) is 0.556. The molecule has 0 fully saturated rings. The van der Waals surface area contributed by atoms with Crippen molar-refractivity contribution in [2.75, 3.05) is 28.4 Å². The van der Waals surface area contributed by atoms with Gasteiger partial charge in [-0.1, -0.05) is 130 Å². The Balaban J connectivity index is 1.49. The standard InChI is InChI=1S/C54H70N2O8/c1-9-13-17-21-25-33(26-22-18-14-10-2)55-51(57)35-29-39(61-5)45-47-41(63-7)31-37-44-38(54(60)56(53(37)59)34(27-23-19-15-11-3)28-24-20-16-12-4)32-42(64-8)48(50(44)47)46-40(62-6)30-36(52(55)58)43(35)49(45)46/h29-34H,9-28H2,1-8H3. The number of carbonyl (C=O) groups excluding carboxylic acids is 4. The molecule has 0 bridgehead atoms. The number of nitrogens with zero attached hydrogens (tertiary/aromatic N) is 2. The van der Waals surface area contributed by atoms with Crippen molar-refractivity contribution in [2.24, 2.45) is 0 Å². The van der Waals surface area contributed by atoms with Crippen LogP contribution in [-0.4, -0.2) is 74.0 Å². The van der Waals surface area contributed by atoms with Crippen LogP contribution in [0.3, 0.4) is 0 Å². The molecule has 2 heterocycles. The van der Waals surface area contributed by atoms with Gasteiger partial charge in [-0.25, -0.2) is 0 Å². The number of amides is 4. The van der Waals surface area contributed by atoms with Gasteiger partial charge in [0.25, 0.3) is 23.6 Å². The second-order valence-electron chi connectivity index (χ2n) is 18.2. The topological polar surface area (TPSA) is 112 Å². The average Bonchev–Trinajstić information content (AvgIpc) is 3.31. The first-order valence-electron chi connectivity index (χ1n) is 24.4. The van der Waals surface area contributed by atoms with Crippen molar-refractivity contribution < 1.29 is 38.1 Å². The van der Waals surface area contributed by atoms with Gasteiger partial charge in [0.2, 0.25) is 0 Å². The molecule has 0 atom stereocenters. The van der Waals surface area contributed by atoms with E-state index in [1.54, 1.807) is 52.7 Å². The summed E-state index contributed by atoms with van der Waals surface area (Å²) in [6.45, 7) is 8.73. The van der Waals surface area contributed by atoms with Gasteiger partial charge in [-0.05, 0) is 49.9 Å². The average molecular weight is 875 g/mol. The van der Waals surface area contributed by atoms with E-state index >= 15 is 19.2 Å². The molecule has 5 aromatic carbocycles. The van der Waals surface area contributed by atoms with Crippen LogP contribution in [0.2, 0.25) is 0 Å². The summed E-state index contributed by atoms with van der Waals surface area (Å²) in [6.07, 6.45) is 19.7. The normalized spacial score (nSPS) is 14.0. The number of carbonyl (C=O) groups is 4. The highest BCUT2D eigenvalue weighted by Crippen LogP contribution is 2.56. The Bertz CT molecular complexity index is 2190.